The van der Waals surface area contributed by atoms with Crippen molar-refractivity contribution in [2.75, 3.05) is 32.9 Å². The minimum Gasteiger partial charge on any atom is -0.480 e. The van der Waals surface area contributed by atoms with Gasteiger partial charge in [-0.2, -0.15) is 0 Å². The molecular formula is C23H24FNO7. The first-order chi connectivity index (χ1) is 15.4. The fourth-order valence-corrected chi connectivity index (χ4v) is 3.63. The standard InChI is InChI=1S/C23H24FNO7/c24-18-8-6-16(7-9-18)20-10-11-25(23(29)32-19-4-2-1-3-5-19)12-17(20)13-31-22(28)15-30-14-21(26)27/h1-9,17,20H,10-15H2,(H,26,27)/t17-,20-/m1/s1. The number of carbonyl (C=O) groups excluding carboxylic acids is 2. The fourth-order valence-electron chi connectivity index (χ4n) is 3.63. The van der Waals surface area contributed by atoms with E-state index in [2.05, 4.69) is 0 Å². The Morgan fingerprint density at radius 2 is 1.75 bits per heavy atom. The minimum atomic E-state index is -1.19. The molecule has 0 spiro atoms. The molecule has 0 aliphatic carbocycles. The molecule has 32 heavy (non-hydrogen) atoms. The van der Waals surface area contributed by atoms with Crippen molar-refractivity contribution >= 4 is 18.0 Å². The van der Waals surface area contributed by atoms with Crippen LogP contribution in [0.5, 0.6) is 5.75 Å². The number of nitrogens with zero attached hydrogens (tertiary/aromatic N) is 1. The van der Waals surface area contributed by atoms with Gasteiger partial charge in [0.05, 0.1) is 6.61 Å². The van der Waals surface area contributed by atoms with Crippen molar-refractivity contribution < 1.29 is 38.1 Å². The summed E-state index contributed by atoms with van der Waals surface area (Å²) in [5, 5.41) is 8.57. The van der Waals surface area contributed by atoms with E-state index in [0.717, 1.165) is 5.56 Å². The summed E-state index contributed by atoms with van der Waals surface area (Å²) in [6, 6.07) is 14.8. The first-order valence-corrected chi connectivity index (χ1v) is 10.1. The highest BCUT2D eigenvalue weighted by atomic mass is 19.1. The molecule has 170 valence electrons. The van der Waals surface area contributed by atoms with Gasteiger partial charge in [-0.05, 0) is 42.2 Å². The number of likely N-dealkylation sites (tertiary alicyclic amines) is 1. The summed E-state index contributed by atoms with van der Waals surface area (Å²) >= 11 is 0. The van der Waals surface area contributed by atoms with Gasteiger partial charge >= 0.3 is 18.0 Å². The molecule has 1 saturated heterocycles. The van der Waals surface area contributed by atoms with Crippen LogP contribution >= 0.6 is 0 Å². The van der Waals surface area contributed by atoms with E-state index < -0.39 is 31.2 Å². The van der Waals surface area contributed by atoms with E-state index in [9.17, 15) is 18.8 Å². The molecule has 1 fully saturated rings. The quantitative estimate of drug-likeness (QED) is 0.623. The number of hydrogen-bond acceptors (Lipinski definition) is 6. The first-order valence-electron chi connectivity index (χ1n) is 10.1. The number of rotatable bonds is 8. The Morgan fingerprint density at radius 3 is 2.44 bits per heavy atom. The average Bonchev–Trinajstić information content (AvgIpc) is 2.78. The Balaban J connectivity index is 1.64. The van der Waals surface area contributed by atoms with Gasteiger partial charge < -0.3 is 24.2 Å². The highest BCUT2D eigenvalue weighted by Crippen LogP contribution is 2.34. The number of carbonyl (C=O) groups is 3. The number of aliphatic carboxylic acids is 1. The molecule has 1 aliphatic heterocycles. The van der Waals surface area contributed by atoms with Gasteiger partial charge in [-0.3, -0.25) is 0 Å². The molecular weight excluding hydrogens is 421 g/mol. The number of halogens is 1. The number of para-hydroxylation sites is 1. The van der Waals surface area contributed by atoms with E-state index in [4.69, 9.17) is 19.3 Å². The summed E-state index contributed by atoms with van der Waals surface area (Å²) in [7, 11) is 0. The smallest absolute Gasteiger partial charge is 0.415 e. The lowest BCUT2D eigenvalue weighted by Gasteiger charge is -2.38. The van der Waals surface area contributed by atoms with Gasteiger partial charge in [-0.1, -0.05) is 30.3 Å². The molecule has 0 aromatic heterocycles. The monoisotopic (exact) mass is 445 g/mol. The summed E-state index contributed by atoms with van der Waals surface area (Å²) in [5.74, 6) is -2.14. The van der Waals surface area contributed by atoms with Crippen LogP contribution < -0.4 is 4.74 Å². The maximum atomic E-state index is 13.4. The second-order valence-corrected chi connectivity index (χ2v) is 7.40. The molecule has 2 aromatic rings. The highest BCUT2D eigenvalue weighted by molar-refractivity contribution is 5.72. The Hall–Kier alpha value is -3.46. The second-order valence-electron chi connectivity index (χ2n) is 7.40. The van der Waals surface area contributed by atoms with E-state index in [1.807, 2.05) is 6.07 Å². The summed E-state index contributed by atoms with van der Waals surface area (Å²) < 4.78 is 28.8. The number of benzene rings is 2. The SMILES string of the molecule is O=C(O)COCC(=O)OC[C@H]1CN(C(=O)Oc2ccccc2)CC[C@@H]1c1ccc(F)cc1. The summed E-state index contributed by atoms with van der Waals surface area (Å²) in [5.41, 5.74) is 0.880. The van der Waals surface area contributed by atoms with Gasteiger partial charge in [0, 0.05) is 19.0 Å². The Morgan fingerprint density at radius 1 is 1.03 bits per heavy atom. The van der Waals surface area contributed by atoms with Gasteiger partial charge in [0.25, 0.3) is 0 Å². The topological polar surface area (TPSA) is 102 Å². The molecule has 9 heteroatoms. The molecule has 1 heterocycles. The lowest BCUT2D eigenvalue weighted by atomic mass is 9.81. The summed E-state index contributed by atoms with van der Waals surface area (Å²) in [4.78, 5) is 36.6. The molecule has 0 radical (unpaired) electrons. The van der Waals surface area contributed by atoms with E-state index in [1.54, 1.807) is 41.3 Å². The number of piperidine rings is 1. The second kappa shape index (κ2) is 11.2. The Labute approximate surface area is 184 Å². The number of ether oxygens (including phenoxy) is 3. The third-order valence-electron chi connectivity index (χ3n) is 5.14. The molecule has 2 aromatic carbocycles. The Bertz CT molecular complexity index is 920. The molecule has 1 amide bonds. The maximum absolute atomic E-state index is 13.4. The van der Waals surface area contributed by atoms with Crippen molar-refractivity contribution in [3.05, 3.63) is 66.0 Å². The third kappa shape index (κ3) is 6.78. The van der Waals surface area contributed by atoms with Crippen LogP contribution in [0.4, 0.5) is 9.18 Å². The van der Waals surface area contributed by atoms with E-state index in [-0.39, 0.29) is 30.8 Å². The van der Waals surface area contributed by atoms with E-state index >= 15 is 0 Å². The average molecular weight is 445 g/mol. The van der Waals surface area contributed by atoms with Gasteiger partial charge in [0.1, 0.15) is 24.8 Å². The fraction of sp³-hybridized carbons (Fsp3) is 0.348. The zero-order chi connectivity index (χ0) is 22.9. The van der Waals surface area contributed by atoms with Crippen molar-refractivity contribution in [3.63, 3.8) is 0 Å². The van der Waals surface area contributed by atoms with Crippen LogP contribution in [-0.4, -0.2) is 60.9 Å². The lowest BCUT2D eigenvalue weighted by Crippen LogP contribution is -2.46. The zero-order valence-electron chi connectivity index (χ0n) is 17.3. The molecule has 0 unspecified atom stereocenters. The van der Waals surface area contributed by atoms with Crippen molar-refractivity contribution in [2.24, 2.45) is 5.92 Å². The number of amides is 1. The Kier molecular flexibility index (Phi) is 8.15. The highest BCUT2D eigenvalue weighted by Gasteiger charge is 2.34. The van der Waals surface area contributed by atoms with Gasteiger partial charge in [-0.15, -0.1) is 0 Å². The minimum absolute atomic E-state index is 0.00752. The first kappa shape index (κ1) is 23.2. The molecule has 0 saturated carbocycles. The lowest BCUT2D eigenvalue weighted by molar-refractivity contribution is -0.154. The van der Waals surface area contributed by atoms with Gasteiger partial charge in [0.2, 0.25) is 0 Å². The third-order valence-corrected chi connectivity index (χ3v) is 5.14. The van der Waals surface area contributed by atoms with Crippen molar-refractivity contribution in [1.82, 2.24) is 4.90 Å². The number of carboxylic acid groups (broad SMARTS) is 1. The van der Waals surface area contributed by atoms with Crippen LogP contribution in [0, 0.1) is 11.7 Å². The summed E-state index contributed by atoms with van der Waals surface area (Å²) in [6.45, 7) is -0.390. The predicted molar refractivity (Wildman–Crippen MR) is 111 cm³/mol. The molecule has 0 bridgehead atoms. The molecule has 2 atom stereocenters. The summed E-state index contributed by atoms with van der Waals surface area (Å²) in [6.07, 6.45) is 0.0719. The van der Waals surface area contributed by atoms with Gasteiger partial charge in [-0.25, -0.2) is 18.8 Å². The predicted octanol–water partition coefficient (Wildman–Crippen LogP) is 3.07. The zero-order valence-corrected chi connectivity index (χ0v) is 17.3. The molecule has 3 rings (SSSR count). The van der Waals surface area contributed by atoms with E-state index in [1.165, 1.54) is 12.1 Å². The number of hydrogen-bond donors (Lipinski definition) is 1. The van der Waals surface area contributed by atoms with Crippen LogP contribution in [0.25, 0.3) is 0 Å². The largest absolute Gasteiger partial charge is 0.480 e. The normalized spacial score (nSPS) is 18.1. The maximum Gasteiger partial charge on any atom is 0.415 e. The van der Waals surface area contributed by atoms with Crippen LogP contribution in [-0.2, 0) is 19.1 Å². The van der Waals surface area contributed by atoms with Crippen molar-refractivity contribution in [2.45, 2.75) is 12.3 Å². The van der Waals surface area contributed by atoms with Crippen LogP contribution in [0.2, 0.25) is 0 Å². The van der Waals surface area contributed by atoms with Crippen molar-refractivity contribution in [3.8, 4) is 5.75 Å². The number of esters is 1. The molecule has 8 nitrogen and oxygen atoms in total. The van der Waals surface area contributed by atoms with Crippen LogP contribution in [0.15, 0.2) is 54.6 Å². The van der Waals surface area contributed by atoms with Gasteiger partial charge in [0.15, 0.2) is 0 Å². The number of carboxylic acids is 1. The van der Waals surface area contributed by atoms with Crippen molar-refractivity contribution in [1.29, 1.82) is 0 Å². The molecule has 1 N–H and O–H groups in total. The molecule has 1 aliphatic rings. The van der Waals surface area contributed by atoms with Crippen LogP contribution in [0.1, 0.15) is 17.9 Å². The van der Waals surface area contributed by atoms with Crippen LogP contribution in [0.3, 0.4) is 0 Å². The van der Waals surface area contributed by atoms with E-state index in [0.29, 0.717) is 18.7 Å².